The summed E-state index contributed by atoms with van der Waals surface area (Å²) in [5.74, 6) is -0.637. The molecular formula is C19H23FN4O2. The second kappa shape index (κ2) is 6.03. The van der Waals surface area contributed by atoms with Crippen LogP contribution in [0.4, 0.5) is 10.1 Å². The summed E-state index contributed by atoms with van der Waals surface area (Å²) in [6.45, 7) is 3.07. The summed E-state index contributed by atoms with van der Waals surface area (Å²) in [4.78, 5) is 28.1. The van der Waals surface area contributed by atoms with Crippen LogP contribution in [0.25, 0.3) is 0 Å². The average molecular weight is 358 g/mol. The smallest absolute Gasteiger partial charge is 0.243 e. The maximum absolute atomic E-state index is 14.3. The summed E-state index contributed by atoms with van der Waals surface area (Å²) in [7, 11) is 0. The fourth-order valence-corrected chi connectivity index (χ4v) is 4.99. The first kappa shape index (κ1) is 16.2. The van der Waals surface area contributed by atoms with Crippen LogP contribution in [0.1, 0.15) is 36.8 Å². The van der Waals surface area contributed by atoms with E-state index >= 15 is 0 Å². The van der Waals surface area contributed by atoms with Gasteiger partial charge in [-0.25, -0.2) is 4.39 Å². The van der Waals surface area contributed by atoms with E-state index in [1.807, 2.05) is 0 Å². The van der Waals surface area contributed by atoms with Crippen molar-refractivity contribution >= 4 is 17.5 Å². The number of benzene rings is 1. The number of carbonyl (C=O) groups excluding carboxylic acids is 2. The van der Waals surface area contributed by atoms with Crippen molar-refractivity contribution in [2.45, 2.75) is 56.9 Å². The molecule has 5 heterocycles. The third-order valence-electron chi connectivity index (χ3n) is 6.33. The Kier molecular flexibility index (Phi) is 3.76. The molecule has 2 amide bonds. The fraction of sp³-hybridized carbons (Fsp3) is 0.579. The highest BCUT2D eigenvalue weighted by Crippen LogP contribution is 2.38. The number of carbonyl (C=O) groups is 2. The lowest BCUT2D eigenvalue weighted by molar-refractivity contribution is -0.137. The quantitative estimate of drug-likeness (QED) is 0.769. The molecule has 4 fully saturated rings. The molecule has 2 bridgehead atoms. The molecule has 0 spiro atoms. The Bertz CT molecular complexity index is 775. The van der Waals surface area contributed by atoms with Gasteiger partial charge >= 0.3 is 0 Å². The molecule has 0 radical (unpaired) electrons. The number of hydrogen-bond donors (Lipinski definition) is 2. The van der Waals surface area contributed by atoms with Crippen molar-refractivity contribution in [3.05, 3.63) is 29.1 Å². The summed E-state index contributed by atoms with van der Waals surface area (Å²) in [5, 5.41) is 5.97. The van der Waals surface area contributed by atoms with Gasteiger partial charge in [-0.2, -0.15) is 0 Å². The first-order chi connectivity index (χ1) is 12.6. The van der Waals surface area contributed by atoms with Gasteiger partial charge in [0.2, 0.25) is 11.8 Å². The first-order valence-electron chi connectivity index (χ1n) is 9.47. The minimum Gasteiger partial charge on any atom is -0.365 e. The lowest BCUT2D eigenvalue weighted by Gasteiger charge is -2.47. The minimum absolute atomic E-state index is 0.202. The van der Waals surface area contributed by atoms with Crippen LogP contribution in [0, 0.1) is 5.82 Å². The van der Waals surface area contributed by atoms with Gasteiger partial charge in [0.05, 0.1) is 6.04 Å². The van der Waals surface area contributed by atoms with E-state index in [9.17, 15) is 14.0 Å². The number of anilines is 1. The number of imide groups is 1. The second-order valence-corrected chi connectivity index (χ2v) is 7.92. The van der Waals surface area contributed by atoms with Crippen molar-refractivity contribution in [2.75, 3.05) is 18.0 Å². The predicted molar refractivity (Wildman–Crippen MR) is 94.0 cm³/mol. The highest BCUT2D eigenvalue weighted by Gasteiger charge is 2.39. The third-order valence-corrected chi connectivity index (χ3v) is 6.33. The van der Waals surface area contributed by atoms with Crippen molar-refractivity contribution in [3.8, 4) is 0 Å². The molecule has 1 aromatic carbocycles. The molecule has 1 aromatic rings. The van der Waals surface area contributed by atoms with Gasteiger partial charge in [0.25, 0.3) is 0 Å². The maximum Gasteiger partial charge on any atom is 0.243 e. The molecule has 2 N–H and O–H groups in total. The topological polar surface area (TPSA) is 64.7 Å². The molecule has 0 aromatic heterocycles. The Labute approximate surface area is 151 Å². The number of nitrogens with zero attached hydrogens (tertiary/aromatic N) is 2. The first-order valence-corrected chi connectivity index (χ1v) is 9.47. The van der Waals surface area contributed by atoms with Crippen molar-refractivity contribution in [3.63, 3.8) is 0 Å². The molecule has 5 aliphatic heterocycles. The van der Waals surface area contributed by atoms with E-state index in [1.54, 1.807) is 12.1 Å². The van der Waals surface area contributed by atoms with E-state index in [0.717, 1.165) is 36.3 Å². The third kappa shape index (κ3) is 2.61. The number of nitrogens with one attached hydrogen (secondary N) is 2. The van der Waals surface area contributed by atoms with Crippen LogP contribution in [0.15, 0.2) is 12.1 Å². The van der Waals surface area contributed by atoms with Gasteiger partial charge in [-0.1, -0.05) is 0 Å². The predicted octanol–water partition coefficient (Wildman–Crippen LogP) is 0.887. The number of hydrogen-bond acceptors (Lipinski definition) is 5. The van der Waals surface area contributed by atoms with Crippen molar-refractivity contribution in [2.24, 2.45) is 0 Å². The average Bonchev–Trinajstić information content (AvgIpc) is 3.05. The monoisotopic (exact) mass is 358 g/mol. The van der Waals surface area contributed by atoms with E-state index in [4.69, 9.17) is 0 Å². The zero-order valence-electron chi connectivity index (χ0n) is 14.6. The number of piperazine rings is 1. The van der Waals surface area contributed by atoms with Gasteiger partial charge in [-0.15, -0.1) is 0 Å². The van der Waals surface area contributed by atoms with E-state index in [1.165, 1.54) is 6.42 Å². The zero-order chi connectivity index (χ0) is 17.8. The lowest BCUT2D eigenvalue weighted by atomic mass is 9.91. The Morgan fingerprint density at radius 2 is 2.00 bits per heavy atom. The Morgan fingerprint density at radius 3 is 2.69 bits per heavy atom. The molecule has 138 valence electrons. The lowest BCUT2D eigenvalue weighted by Crippen LogP contribution is -2.61. The molecule has 7 heteroatoms. The van der Waals surface area contributed by atoms with E-state index in [0.29, 0.717) is 38.0 Å². The summed E-state index contributed by atoms with van der Waals surface area (Å²) in [6.07, 6.45) is 3.22. The van der Waals surface area contributed by atoms with Crippen molar-refractivity contribution in [1.82, 2.24) is 15.5 Å². The SMILES string of the molecule is O=C1CCC(N2Cc3cc(F)cc(N4CC5CCC4CN5)c3C2)C(=O)N1. The van der Waals surface area contributed by atoms with Crippen LogP contribution in [0.5, 0.6) is 0 Å². The molecule has 3 unspecified atom stereocenters. The van der Waals surface area contributed by atoms with Crippen LogP contribution in [0.2, 0.25) is 0 Å². The van der Waals surface area contributed by atoms with Gasteiger partial charge in [-0.3, -0.25) is 19.8 Å². The second-order valence-electron chi connectivity index (χ2n) is 7.92. The van der Waals surface area contributed by atoms with Crippen molar-refractivity contribution in [1.29, 1.82) is 0 Å². The molecular weight excluding hydrogens is 335 g/mol. The molecule has 26 heavy (non-hydrogen) atoms. The normalized spacial score (nSPS) is 31.3. The molecule has 6 rings (SSSR count). The standard InChI is InChI=1S/C19H23FN4O2/c20-12-5-11-8-23(16-3-4-18(25)22-19(16)26)10-15(11)17(6-12)24-9-13-1-2-14(24)7-21-13/h5-6,13-14,16,21H,1-4,7-10H2,(H,22,25,26). The fourth-order valence-electron chi connectivity index (χ4n) is 4.99. The van der Waals surface area contributed by atoms with Gasteiger partial charge in [0.1, 0.15) is 5.82 Å². The zero-order valence-corrected chi connectivity index (χ0v) is 14.6. The van der Waals surface area contributed by atoms with E-state index < -0.39 is 0 Å². The molecule has 6 nitrogen and oxygen atoms in total. The Hall–Kier alpha value is -1.99. The van der Waals surface area contributed by atoms with Crippen LogP contribution >= 0.6 is 0 Å². The highest BCUT2D eigenvalue weighted by atomic mass is 19.1. The molecule has 3 atom stereocenters. The summed E-state index contributed by atoms with van der Waals surface area (Å²) < 4.78 is 14.3. The summed E-state index contributed by atoms with van der Waals surface area (Å²) >= 11 is 0. The Balaban J connectivity index is 1.44. The molecule has 0 aliphatic carbocycles. The Morgan fingerprint density at radius 1 is 1.12 bits per heavy atom. The van der Waals surface area contributed by atoms with Gasteiger partial charge in [-0.05, 0) is 42.5 Å². The largest absolute Gasteiger partial charge is 0.365 e. The number of rotatable bonds is 2. The number of piperidine rings is 3. The van der Waals surface area contributed by atoms with Crippen LogP contribution in [0.3, 0.4) is 0 Å². The van der Waals surface area contributed by atoms with Crippen LogP contribution in [-0.2, 0) is 22.7 Å². The maximum atomic E-state index is 14.3. The van der Waals surface area contributed by atoms with Crippen LogP contribution in [-0.4, -0.2) is 47.9 Å². The summed E-state index contributed by atoms with van der Waals surface area (Å²) in [5.41, 5.74) is 3.11. The van der Waals surface area contributed by atoms with Crippen LogP contribution < -0.4 is 15.5 Å². The number of fused-ring (bicyclic) bond motifs is 4. The molecule has 5 aliphatic rings. The van der Waals surface area contributed by atoms with Gasteiger partial charge in [0.15, 0.2) is 0 Å². The number of amides is 2. The highest BCUT2D eigenvalue weighted by molar-refractivity contribution is 6.00. The van der Waals surface area contributed by atoms with E-state index in [2.05, 4.69) is 20.4 Å². The molecule has 4 saturated heterocycles. The van der Waals surface area contributed by atoms with Gasteiger partial charge < -0.3 is 10.2 Å². The minimum atomic E-state index is -0.310. The van der Waals surface area contributed by atoms with E-state index in [-0.39, 0.29) is 23.7 Å². The van der Waals surface area contributed by atoms with Gasteiger partial charge in [0, 0.05) is 50.4 Å². The van der Waals surface area contributed by atoms with Crippen molar-refractivity contribution < 1.29 is 14.0 Å². The number of halogens is 1. The summed E-state index contributed by atoms with van der Waals surface area (Å²) in [6, 6.07) is 3.84. The molecule has 0 saturated carbocycles.